The number of methoxy groups -OCH3 is 1. The number of cyclic esters (lactones) is 1. The molecule has 0 saturated carbocycles. The predicted molar refractivity (Wildman–Crippen MR) is 39.6 cm³/mol. The smallest absolute Gasteiger partial charge is 0.328 e. The molecule has 0 amide bonds. The molecular formula is C7H9NO5. The molecule has 0 aromatic rings. The van der Waals surface area contributed by atoms with Crippen molar-refractivity contribution in [2.75, 3.05) is 7.11 Å². The molecule has 0 aromatic carbocycles. The van der Waals surface area contributed by atoms with Gasteiger partial charge >= 0.3 is 5.97 Å². The molecule has 0 bridgehead atoms. The zero-order chi connectivity index (χ0) is 9.59. The highest BCUT2D eigenvalue weighted by molar-refractivity contribution is 5.91. The summed E-state index contributed by atoms with van der Waals surface area (Å²) in [6.45, 7) is 1.59. The molecule has 0 aliphatic carbocycles. The Morgan fingerprint density at radius 3 is 2.92 bits per heavy atom. The summed E-state index contributed by atoms with van der Waals surface area (Å²) in [6.07, 6.45) is -1.53. The molecule has 1 saturated heterocycles. The Kier molecular flexibility index (Phi) is 1.66. The summed E-state index contributed by atoms with van der Waals surface area (Å²) in [6, 6.07) is 0. The molecule has 6 nitrogen and oxygen atoms in total. The van der Waals surface area contributed by atoms with Gasteiger partial charge in [-0.15, -0.1) is 0 Å². The SMILES string of the molecule is CO[C@@H]1OC(=O)[C@H]2O[N+]([O-])=C(C)[C@H]12. The maximum atomic E-state index is 11.1. The molecule has 2 aliphatic heterocycles. The lowest BCUT2D eigenvalue weighted by Crippen LogP contribution is -2.28. The molecule has 2 heterocycles. The summed E-state index contributed by atoms with van der Waals surface area (Å²) >= 11 is 0. The number of hydrogen-bond donors (Lipinski definition) is 0. The Morgan fingerprint density at radius 2 is 2.31 bits per heavy atom. The number of rotatable bonds is 1. The lowest BCUT2D eigenvalue weighted by molar-refractivity contribution is -0.737. The van der Waals surface area contributed by atoms with Gasteiger partial charge in [0.05, 0.1) is 0 Å². The number of carbonyl (C=O) groups is 1. The Hall–Kier alpha value is -1.30. The third-order valence-electron chi connectivity index (χ3n) is 2.30. The van der Waals surface area contributed by atoms with Gasteiger partial charge in [-0.2, -0.15) is 0 Å². The number of esters is 1. The van der Waals surface area contributed by atoms with Gasteiger partial charge in [-0.3, -0.25) is 10.0 Å². The van der Waals surface area contributed by atoms with Crippen LogP contribution < -0.4 is 0 Å². The van der Waals surface area contributed by atoms with E-state index in [1.54, 1.807) is 6.92 Å². The second-order valence-corrected chi connectivity index (χ2v) is 2.99. The first-order chi connectivity index (χ1) is 6.15. The van der Waals surface area contributed by atoms with Crippen molar-refractivity contribution < 1.29 is 24.0 Å². The Labute approximate surface area is 74.2 Å². The number of fused-ring (bicyclic) bond motifs is 1. The molecule has 0 spiro atoms. The highest BCUT2D eigenvalue weighted by Crippen LogP contribution is 2.31. The average molecular weight is 187 g/mol. The quantitative estimate of drug-likeness (QED) is 0.405. The topological polar surface area (TPSA) is 70.8 Å². The highest BCUT2D eigenvalue weighted by Gasteiger charge is 2.54. The predicted octanol–water partition coefficient (Wildman–Crippen LogP) is -0.583. The first-order valence-electron chi connectivity index (χ1n) is 3.86. The maximum Gasteiger partial charge on any atom is 0.328 e. The van der Waals surface area contributed by atoms with E-state index in [1.807, 2.05) is 0 Å². The van der Waals surface area contributed by atoms with E-state index >= 15 is 0 Å². The summed E-state index contributed by atoms with van der Waals surface area (Å²) in [5.41, 5.74) is 0.405. The first kappa shape index (κ1) is 8.31. The molecule has 1 fully saturated rings. The van der Waals surface area contributed by atoms with Crippen LogP contribution in [0.25, 0.3) is 0 Å². The minimum Gasteiger partial charge on any atom is -0.434 e. The number of hydrogen-bond acceptors (Lipinski definition) is 5. The summed E-state index contributed by atoms with van der Waals surface area (Å²) in [5.74, 6) is -0.954. The fraction of sp³-hybridized carbons (Fsp3) is 0.714. The van der Waals surface area contributed by atoms with Crippen molar-refractivity contribution in [3.8, 4) is 0 Å². The molecule has 72 valence electrons. The van der Waals surface area contributed by atoms with E-state index in [9.17, 15) is 10.0 Å². The fourth-order valence-corrected chi connectivity index (χ4v) is 1.57. The van der Waals surface area contributed by atoms with Crippen LogP contribution in [0.5, 0.6) is 0 Å². The van der Waals surface area contributed by atoms with Gasteiger partial charge in [-0.25, -0.2) is 0 Å². The fourth-order valence-electron chi connectivity index (χ4n) is 1.57. The van der Waals surface area contributed by atoms with Gasteiger partial charge in [0, 0.05) is 18.9 Å². The second-order valence-electron chi connectivity index (χ2n) is 2.99. The van der Waals surface area contributed by atoms with Crippen molar-refractivity contribution in [2.45, 2.75) is 19.3 Å². The van der Waals surface area contributed by atoms with E-state index in [-0.39, 0.29) is 0 Å². The minimum atomic E-state index is -0.831. The minimum absolute atomic E-state index is 0.349. The van der Waals surface area contributed by atoms with Crippen LogP contribution in [0, 0.1) is 11.1 Å². The molecule has 0 N–H and O–H groups in total. The maximum absolute atomic E-state index is 11.1. The van der Waals surface area contributed by atoms with E-state index in [0.29, 0.717) is 10.6 Å². The zero-order valence-corrected chi connectivity index (χ0v) is 7.22. The molecule has 2 rings (SSSR count). The van der Waals surface area contributed by atoms with Crippen LogP contribution >= 0.6 is 0 Å². The van der Waals surface area contributed by atoms with Crippen molar-refractivity contribution in [3.63, 3.8) is 0 Å². The van der Waals surface area contributed by atoms with Crippen LogP contribution in [0.1, 0.15) is 6.92 Å². The highest BCUT2D eigenvalue weighted by atomic mass is 16.9. The largest absolute Gasteiger partial charge is 0.434 e. The van der Waals surface area contributed by atoms with Gasteiger partial charge in [0.25, 0.3) is 0 Å². The van der Waals surface area contributed by atoms with Gasteiger partial charge in [0.15, 0.2) is 6.10 Å². The van der Waals surface area contributed by atoms with E-state index in [2.05, 4.69) is 0 Å². The lowest BCUT2D eigenvalue weighted by atomic mass is 10.0. The normalized spacial score (nSPS) is 37.4. The van der Waals surface area contributed by atoms with Gasteiger partial charge in [0.2, 0.25) is 12.0 Å². The van der Waals surface area contributed by atoms with Crippen molar-refractivity contribution in [3.05, 3.63) is 5.21 Å². The van der Waals surface area contributed by atoms with Crippen molar-refractivity contribution >= 4 is 11.7 Å². The number of carbonyl (C=O) groups excluding carboxylic acids is 1. The molecule has 13 heavy (non-hydrogen) atoms. The van der Waals surface area contributed by atoms with Crippen molar-refractivity contribution in [2.24, 2.45) is 5.92 Å². The van der Waals surface area contributed by atoms with Crippen LogP contribution in [0.4, 0.5) is 0 Å². The molecule has 2 aliphatic rings. The average Bonchev–Trinajstić information content (AvgIpc) is 2.55. The summed E-state index contributed by atoms with van der Waals surface area (Å²) in [5, 5.41) is 11.0. The van der Waals surface area contributed by atoms with E-state index in [1.165, 1.54) is 7.11 Å². The van der Waals surface area contributed by atoms with E-state index < -0.39 is 24.3 Å². The molecule has 0 radical (unpaired) electrons. The summed E-state index contributed by atoms with van der Waals surface area (Å²) < 4.78 is 9.73. The van der Waals surface area contributed by atoms with Gasteiger partial charge in [-0.1, -0.05) is 0 Å². The van der Waals surface area contributed by atoms with Crippen LogP contribution in [0.3, 0.4) is 0 Å². The van der Waals surface area contributed by atoms with Gasteiger partial charge in [0.1, 0.15) is 5.92 Å². The molecule has 0 aromatic heterocycles. The first-order valence-corrected chi connectivity index (χ1v) is 3.86. The molecule has 3 atom stereocenters. The summed E-state index contributed by atoms with van der Waals surface area (Å²) in [4.78, 5) is 16.2. The van der Waals surface area contributed by atoms with Crippen LogP contribution in [0.15, 0.2) is 0 Å². The standard InChI is InChI=1S/C7H9NO5/c1-3-4-5(13-8(3)10)6(9)12-7(4)11-2/h4-5,7H,1-2H3/t4-,5-,7+/m0/s1. The Balaban J connectivity index is 2.29. The molecular weight excluding hydrogens is 178 g/mol. The third kappa shape index (κ3) is 0.983. The van der Waals surface area contributed by atoms with Crippen LogP contribution in [-0.4, -0.2) is 36.1 Å². The second kappa shape index (κ2) is 2.59. The molecule has 6 heteroatoms. The summed E-state index contributed by atoms with van der Waals surface area (Å²) in [7, 11) is 1.42. The zero-order valence-electron chi connectivity index (χ0n) is 7.22. The van der Waals surface area contributed by atoms with Crippen LogP contribution in [-0.2, 0) is 19.1 Å². The number of ether oxygens (including phenoxy) is 2. The van der Waals surface area contributed by atoms with Gasteiger partial charge in [-0.05, 0) is 0 Å². The van der Waals surface area contributed by atoms with E-state index in [4.69, 9.17) is 14.3 Å². The van der Waals surface area contributed by atoms with Crippen LogP contribution in [0.2, 0.25) is 0 Å². The Morgan fingerprint density at radius 1 is 1.62 bits per heavy atom. The lowest BCUT2D eigenvalue weighted by Gasteiger charge is -2.09. The molecule has 0 unspecified atom stereocenters. The van der Waals surface area contributed by atoms with Crippen molar-refractivity contribution in [1.29, 1.82) is 0 Å². The third-order valence-corrected chi connectivity index (χ3v) is 2.30. The monoisotopic (exact) mass is 187 g/mol. The Bertz CT molecular complexity index is 287. The van der Waals surface area contributed by atoms with Crippen molar-refractivity contribution in [1.82, 2.24) is 0 Å². The van der Waals surface area contributed by atoms with E-state index in [0.717, 1.165) is 0 Å². The number of nitrogens with zero attached hydrogens (tertiary/aromatic N) is 1. The van der Waals surface area contributed by atoms with Gasteiger partial charge < -0.3 is 14.3 Å².